The third-order valence-electron chi connectivity index (χ3n) is 1.88. The standard InChI is InChI=1S/C7H12N4O/c1-2-3(8)4(9)5(10)6(11)7(2)12/h12H,8-11H2,1H3. The van der Waals surface area contributed by atoms with Gasteiger partial charge in [0.05, 0.1) is 22.7 Å². The molecule has 0 aliphatic carbocycles. The fourth-order valence-corrected chi connectivity index (χ4v) is 0.949. The minimum absolute atomic E-state index is 0.0826. The van der Waals surface area contributed by atoms with Crippen molar-refractivity contribution in [2.45, 2.75) is 6.92 Å². The van der Waals surface area contributed by atoms with Gasteiger partial charge in [-0.15, -0.1) is 0 Å². The molecule has 1 rings (SSSR count). The molecule has 0 amide bonds. The first-order chi connectivity index (χ1) is 5.46. The maximum absolute atomic E-state index is 9.35. The lowest BCUT2D eigenvalue weighted by Gasteiger charge is -2.12. The van der Waals surface area contributed by atoms with Crippen LogP contribution in [0.3, 0.4) is 0 Å². The summed E-state index contributed by atoms with van der Waals surface area (Å²) in [5.74, 6) is -0.0980. The van der Waals surface area contributed by atoms with Crippen molar-refractivity contribution in [1.29, 1.82) is 0 Å². The maximum atomic E-state index is 9.35. The zero-order chi connectivity index (χ0) is 9.46. The maximum Gasteiger partial charge on any atom is 0.145 e. The van der Waals surface area contributed by atoms with Crippen LogP contribution < -0.4 is 22.9 Å². The molecule has 0 bridgehead atoms. The molecule has 0 aliphatic rings. The Hall–Kier alpha value is -1.78. The Morgan fingerprint density at radius 2 is 1.25 bits per heavy atom. The summed E-state index contributed by atoms with van der Waals surface area (Å²) in [6, 6.07) is 0. The smallest absolute Gasteiger partial charge is 0.145 e. The number of nitrogens with two attached hydrogens (primary N) is 4. The summed E-state index contributed by atoms with van der Waals surface area (Å²) >= 11 is 0. The molecule has 0 saturated heterocycles. The van der Waals surface area contributed by atoms with Crippen molar-refractivity contribution < 1.29 is 5.11 Å². The largest absolute Gasteiger partial charge is 0.505 e. The van der Waals surface area contributed by atoms with E-state index in [1.54, 1.807) is 6.92 Å². The zero-order valence-electron chi connectivity index (χ0n) is 6.76. The molecule has 66 valence electrons. The van der Waals surface area contributed by atoms with E-state index >= 15 is 0 Å². The Morgan fingerprint density at radius 3 is 1.75 bits per heavy atom. The summed E-state index contributed by atoms with van der Waals surface area (Å²) in [4.78, 5) is 0. The molecule has 1 aromatic rings. The summed E-state index contributed by atoms with van der Waals surface area (Å²) in [6.07, 6.45) is 0. The average Bonchev–Trinajstić information content (AvgIpc) is 2.08. The molecule has 9 N–H and O–H groups in total. The van der Waals surface area contributed by atoms with Crippen molar-refractivity contribution >= 4 is 22.7 Å². The molecule has 5 heteroatoms. The number of hydrogen-bond donors (Lipinski definition) is 5. The second-order valence-electron chi connectivity index (χ2n) is 2.63. The Kier molecular flexibility index (Phi) is 1.64. The first-order valence-electron chi connectivity index (χ1n) is 3.38. The molecule has 0 heterocycles. The van der Waals surface area contributed by atoms with Crippen LogP contribution in [-0.4, -0.2) is 5.11 Å². The highest BCUT2D eigenvalue weighted by Gasteiger charge is 2.13. The van der Waals surface area contributed by atoms with Crippen molar-refractivity contribution in [1.82, 2.24) is 0 Å². The normalized spacial score (nSPS) is 10.1. The minimum atomic E-state index is -0.0980. The summed E-state index contributed by atoms with van der Waals surface area (Å²) < 4.78 is 0. The highest BCUT2D eigenvalue weighted by Crippen LogP contribution is 2.40. The Bertz CT molecular complexity index is 230. The van der Waals surface area contributed by atoms with Gasteiger partial charge in [-0.2, -0.15) is 0 Å². The topological polar surface area (TPSA) is 124 Å². The number of rotatable bonds is 0. The molecule has 1 aromatic carbocycles. The van der Waals surface area contributed by atoms with Gasteiger partial charge < -0.3 is 28.0 Å². The van der Waals surface area contributed by atoms with E-state index in [9.17, 15) is 5.11 Å². The zero-order valence-corrected chi connectivity index (χ0v) is 6.76. The lowest BCUT2D eigenvalue weighted by Crippen LogP contribution is -2.06. The van der Waals surface area contributed by atoms with Gasteiger partial charge in [-0.25, -0.2) is 0 Å². The molecule has 12 heavy (non-hydrogen) atoms. The molecule has 0 radical (unpaired) electrons. The van der Waals surface area contributed by atoms with Gasteiger partial charge in [-0.1, -0.05) is 0 Å². The number of aromatic hydroxyl groups is 1. The molecular weight excluding hydrogens is 156 g/mol. The van der Waals surface area contributed by atoms with Crippen LogP contribution in [0, 0.1) is 6.92 Å². The summed E-state index contributed by atoms with van der Waals surface area (Å²) in [5.41, 5.74) is 23.1. The van der Waals surface area contributed by atoms with E-state index in [1.165, 1.54) is 0 Å². The van der Waals surface area contributed by atoms with Crippen LogP contribution in [0.1, 0.15) is 5.56 Å². The molecule has 0 aromatic heterocycles. The first kappa shape index (κ1) is 8.32. The fraction of sp³-hybridized carbons (Fsp3) is 0.143. The molecule has 0 unspecified atom stereocenters. The lowest BCUT2D eigenvalue weighted by atomic mass is 10.1. The second-order valence-corrected chi connectivity index (χ2v) is 2.63. The highest BCUT2D eigenvalue weighted by atomic mass is 16.3. The van der Waals surface area contributed by atoms with Gasteiger partial charge in [0, 0.05) is 5.56 Å². The van der Waals surface area contributed by atoms with Crippen molar-refractivity contribution in [2.75, 3.05) is 22.9 Å². The Balaban J connectivity index is 3.60. The van der Waals surface area contributed by atoms with Crippen LogP contribution in [0.25, 0.3) is 0 Å². The molecule has 5 nitrogen and oxygen atoms in total. The van der Waals surface area contributed by atoms with Gasteiger partial charge in [0.15, 0.2) is 0 Å². The molecule has 0 atom stereocenters. The summed E-state index contributed by atoms with van der Waals surface area (Å²) in [7, 11) is 0. The van der Waals surface area contributed by atoms with Crippen molar-refractivity contribution in [3.8, 4) is 5.75 Å². The van der Waals surface area contributed by atoms with E-state index in [1.807, 2.05) is 0 Å². The van der Waals surface area contributed by atoms with Crippen LogP contribution in [-0.2, 0) is 0 Å². The van der Waals surface area contributed by atoms with E-state index < -0.39 is 0 Å². The molecule has 0 aliphatic heterocycles. The van der Waals surface area contributed by atoms with E-state index in [4.69, 9.17) is 22.9 Å². The van der Waals surface area contributed by atoms with E-state index in [-0.39, 0.29) is 28.5 Å². The van der Waals surface area contributed by atoms with Crippen LogP contribution in [0.15, 0.2) is 0 Å². The fourth-order valence-electron chi connectivity index (χ4n) is 0.949. The third-order valence-corrected chi connectivity index (χ3v) is 1.88. The van der Waals surface area contributed by atoms with Crippen LogP contribution >= 0.6 is 0 Å². The lowest BCUT2D eigenvalue weighted by molar-refractivity contribution is 0.474. The van der Waals surface area contributed by atoms with Gasteiger partial charge in [0.1, 0.15) is 5.75 Å². The molecule has 0 spiro atoms. The van der Waals surface area contributed by atoms with Gasteiger partial charge in [0.25, 0.3) is 0 Å². The van der Waals surface area contributed by atoms with Gasteiger partial charge >= 0.3 is 0 Å². The first-order valence-corrected chi connectivity index (χ1v) is 3.38. The summed E-state index contributed by atoms with van der Waals surface area (Å²) in [5, 5.41) is 9.35. The van der Waals surface area contributed by atoms with Crippen LogP contribution in [0.2, 0.25) is 0 Å². The predicted molar refractivity (Wildman–Crippen MR) is 50.5 cm³/mol. The second kappa shape index (κ2) is 2.37. The number of hydrogen-bond acceptors (Lipinski definition) is 5. The molecular formula is C7H12N4O. The van der Waals surface area contributed by atoms with Gasteiger partial charge in [0.2, 0.25) is 0 Å². The predicted octanol–water partition coefficient (Wildman–Crippen LogP) is 0.0294. The molecule has 0 saturated carbocycles. The van der Waals surface area contributed by atoms with Gasteiger partial charge in [-0.3, -0.25) is 0 Å². The third kappa shape index (κ3) is 0.868. The van der Waals surface area contributed by atoms with E-state index in [2.05, 4.69) is 0 Å². The number of nitrogen functional groups attached to an aromatic ring is 4. The van der Waals surface area contributed by atoms with E-state index in [0.29, 0.717) is 5.56 Å². The Morgan fingerprint density at radius 1 is 0.833 bits per heavy atom. The van der Waals surface area contributed by atoms with Gasteiger partial charge in [-0.05, 0) is 6.92 Å². The minimum Gasteiger partial charge on any atom is -0.505 e. The van der Waals surface area contributed by atoms with Crippen LogP contribution in [0.4, 0.5) is 22.7 Å². The van der Waals surface area contributed by atoms with E-state index in [0.717, 1.165) is 0 Å². The van der Waals surface area contributed by atoms with Crippen molar-refractivity contribution in [2.24, 2.45) is 0 Å². The van der Waals surface area contributed by atoms with Crippen molar-refractivity contribution in [3.05, 3.63) is 5.56 Å². The monoisotopic (exact) mass is 168 g/mol. The number of phenols is 1. The SMILES string of the molecule is Cc1c(N)c(N)c(N)c(N)c1O. The quantitative estimate of drug-likeness (QED) is 0.212. The Labute approximate surface area is 70.0 Å². The summed E-state index contributed by atoms with van der Waals surface area (Å²) in [6.45, 7) is 1.62. The van der Waals surface area contributed by atoms with Crippen molar-refractivity contribution in [3.63, 3.8) is 0 Å². The number of benzene rings is 1. The molecule has 0 fully saturated rings. The number of phenolic OH excluding ortho intramolecular Hbond substituents is 1. The highest BCUT2D eigenvalue weighted by molar-refractivity contribution is 5.92. The van der Waals surface area contributed by atoms with Crippen LogP contribution in [0.5, 0.6) is 5.75 Å². The average molecular weight is 168 g/mol. The number of anilines is 4.